The minimum Gasteiger partial charge on any atom is -0.497 e. The lowest BCUT2D eigenvalue weighted by atomic mass is 9.93. The summed E-state index contributed by atoms with van der Waals surface area (Å²) in [5.41, 5.74) is 39.8. The fourth-order valence-corrected chi connectivity index (χ4v) is 19.1. The molecule has 0 bridgehead atoms. The normalized spacial score (nSPS) is 11.0. The summed E-state index contributed by atoms with van der Waals surface area (Å²) in [5.74, 6) is 1.67. The second-order valence-corrected chi connectivity index (χ2v) is 35.6. The van der Waals surface area contributed by atoms with E-state index in [4.69, 9.17) is 9.47 Å². The van der Waals surface area contributed by atoms with Gasteiger partial charge in [-0.2, -0.15) is 0 Å². The highest BCUT2D eigenvalue weighted by Gasteiger charge is 2.30. The zero-order valence-electron chi connectivity index (χ0n) is 80.0. The molecule has 0 saturated heterocycles. The van der Waals surface area contributed by atoms with Crippen molar-refractivity contribution in [1.29, 1.82) is 0 Å². The van der Waals surface area contributed by atoms with E-state index in [1.807, 2.05) is 0 Å². The van der Waals surface area contributed by atoms with Crippen LogP contribution in [-0.2, 0) is 0 Å². The molecule has 0 atom stereocenters. The third-order valence-corrected chi connectivity index (χ3v) is 26.6. The summed E-state index contributed by atoms with van der Waals surface area (Å²) in [7, 11) is 1.72. The number of unbranched alkanes of at least 4 members (excludes halogenated alkanes) is 1. The van der Waals surface area contributed by atoms with Crippen LogP contribution in [0.25, 0.3) is 134 Å². The number of benzene rings is 22. The predicted molar refractivity (Wildman–Crippen MR) is 604 cm³/mol. The van der Waals surface area contributed by atoms with Gasteiger partial charge in [0.1, 0.15) is 11.5 Å². The van der Waals surface area contributed by atoms with E-state index in [-0.39, 0.29) is 0 Å². The summed E-state index contributed by atoms with van der Waals surface area (Å²) in [6.45, 7) is 2.88. The minimum absolute atomic E-state index is 0.689. The molecule has 0 aliphatic heterocycles. The molecular weight excluding hydrogens is 1730 g/mol. The van der Waals surface area contributed by atoms with Crippen molar-refractivity contribution in [3.8, 4) is 145 Å². The highest BCUT2D eigenvalue weighted by atomic mass is 16.5. The summed E-state index contributed by atoms with van der Waals surface area (Å²) in [4.78, 5) is 9.69. The molecule has 6 nitrogen and oxygen atoms in total. The number of nitrogens with zero attached hydrogens (tertiary/aromatic N) is 4. The third kappa shape index (κ3) is 20.8. The second kappa shape index (κ2) is 43.6. The van der Waals surface area contributed by atoms with Gasteiger partial charge >= 0.3 is 0 Å². The van der Waals surface area contributed by atoms with E-state index in [0.717, 1.165) is 182 Å². The van der Waals surface area contributed by atoms with Gasteiger partial charge in [-0.25, -0.2) is 0 Å². The summed E-state index contributed by atoms with van der Waals surface area (Å²) >= 11 is 0. The Morgan fingerprint density at radius 3 is 0.469 bits per heavy atom. The number of hydrogen-bond donors (Lipinski definition) is 0. The van der Waals surface area contributed by atoms with Crippen LogP contribution in [0.5, 0.6) is 11.5 Å². The van der Waals surface area contributed by atoms with Crippen molar-refractivity contribution < 1.29 is 9.47 Å². The van der Waals surface area contributed by atoms with Crippen LogP contribution < -0.4 is 29.1 Å². The average molecular weight is 1840 g/mol. The first-order chi connectivity index (χ1) is 70.8. The first-order valence-corrected chi connectivity index (χ1v) is 49.1. The molecule has 22 rings (SSSR count). The standard InChI is InChI=1S/C70H56N2O.C67H50N2O/c1-2-3-49-73-66-47-37-61(38-48-66)68-50-67(60-27-17-8-18-28-60)69(71(62-39-29-56(30-40-62)52-19-9-4-10-20-52)63-41-31-57(32-42-63)53-21-11-5-12-22-53)51-70(68)72(64-43-33-58(34-44-64)54-23-13-6-14-24-54)65-45-35-59(36-46-65)55-25-15-7-16-26-55;1-70-63-45-35-58(36-46-63)65-47-64(57-25-15-6-16-26-57)66(68(59-37-27-53(28-38-59)49-17-7-2-8-18-49)60-39-29-54(30-40-60)50-19-9-3-10-20-50)48-67(65)69(61-41-31-55(32-42-61)51-21-11-4-12-22-51)62-43-33-56(34-44-62)52-23-13-5-14-24-52/h4-48,50-51H,2-3,49H2,1H3;2-48H,1H3. The number of methoxy groups -OCH3 is 1. The first-order valence-electron chi connectivity index (χ1n) is 49.1. The molecule has 6 heteroatoms. The van der Waals surface area contributed by atoms with Crippen LogP contribution in [0.4, 0.5) is 68.2 Å². The summed E-state index contributed by atoms with van der Waals surface area (Å²) in [6, 6.07) is 205. The van der Waals surface area contributed by atoms with E-state index in [1.54, 1.807) is 7.11 Å². The largest absolute Gasteiger partial charge is 0.497 e. The van der Waals surface area contributed by atoms with Gasteiger partial charge in [-0.15, -0.1) is 0 Å². The summed E-state index contributed by atoms with van der Waals surface area (Å²) < 4.78 is 12.0. The fourth-order valence-electron chi connectivity index (χ4n) is 19.1. The Labute approximate surface area is 840 Å². The fraction of sp³-hybridized carbons (Fsp3) is 0.0365. The lowest BCUT2D eigenvalue weighted by Crippen LogP contribution is -2.15. The molecule has 0 amide bonds. The number of ether oxygens (including phenoxy) is 2. The van der Waals surface area contributed by atoms with Crippen molar-refractivity contribution in [1.82, 2.24) is 0 Å². The molecule has 143 heavy (non-hydrogen) atoms. The van der Waals surface area contributed by atoms with Crippen LogP contribution in [-0.4, -0.2) is 13.7 Å². The Morgan fingerprint density at radius 1 is 0.154 bits per heavy atom. The molecular formula is C137H106N4O2. The van der Waals surface area contributed by atoms with Crippen molar-refractivity contribution in [3.63, 3.8) is 0 Å². The van der Waals surface area contributed by atoms with Crippen LogP contribution in [0, 0.1) is 0 Å². The van der Waals surface area contributed by atoms with E-state index < -0.39 is 0 Å². The highest BCUT2D eigenvalue weighted by molar-refractivity contribution is 6.02. The SMILES string of the molecule is CCCCOc1ccc(-c2cc(-c3ccccc3)c(N(c3ccc(-c4ccccc4)cc3)c3ccc(-c4ccccc4)cc3)cc2N(c2ccc(-c3ccccc3)cc2)c2ccc(-c3ccccc3)cc2)cc1.COc1ccc(-c2cc(-c3ccccc3)c(N(c3ccc(-c4ccccc4)cc3)c3ccc(-c4ccccc4)cc3)cc2N(c2ccc(-c3ccccc3)cc2)c2ccc(-c3ccccc3)cc2)cc1. The minimum atomic E-state index is 0.689. The second-order valence-electron chi connectivity index (χ2n) is 35.6. The smallest absolute Gasteiger partial charge is 0.119 e. The van der Waals surface area contributed by atoms with E-state index in [0.29, 0.717) is 6.61 Å². The van der Waals surface area contributed by atoms with Crippen LogP contribution in [0.15, 0.2) is 570 Å². The van der Waals surface area contributed by atoms with Crippen LogP contribution in [0.2, 0.25) is 0 Å². The van der Waals surface area contributed by atoms with E-state index in [2.05, 4.69) is 597 Å². The van der Waals surface area contributed by atoms with E-state index in [1.165, 1.54) is 44.5 Å². The van der Waals surface area contributed by atoms with Crippen molar-refractivity contribution in [2.45, 2.75) is 19.8 Å². The maximum atomic E-state index is 6.25. The van der Waals surface area contributed by atoms with E-state index >= 15 is 0 Å². The van der Waals surface area contributed by atoms with Crippen molar-refractivity contribution in [2.75, 3.05) is 33.3 Å². The quantitative estimate of drug-likeness (QED) is 0.0434. The van der Waals surface area contributed by atoms with Crippen molar-refractivity contribution in [2.24, 2.45) is 0 Å². The van der Waals surface area contributed by atoms with Gasteiger partial charge in [0.15, 0.2) is 0 Å². The zero-order chi connectivity index (χ0) is 96.3. The number of anilines is 12. The molecule has 22 aromatic carbocycles. The Morgan fingerprint density at radius 2 is 0.301 bits per heavy atom. The van der Waals surface area contributed by atoms with Gasteiger partial charge in [0.2, 0.25) is 0 Å². The van der Waals surface area contributed by atoms with E-state index in [9.17, 15) is 0 Å². The number of hydrogen-bond acceptors (Lipinski definition) is 6. The molecule has 0 unspecified atom stereocenters. The highest BCUT2D eigenvalue weighted by Crippen LogP contribution is 2.54. The third-order valence-electron chi connectivity index (χ3n) is 26.6. The summed E-state index contributed by atoms with van der Waals surface area (Å²) in [6.07, 6.45) is 2.09. The molecule has 0 fully saturated rings. The maximum Gasteiger partial charge on any atom is 0.119 e. The molecule has 0 N–H and O–H groups in total. The van der Waals surface area contributed by atoms with Crippen molar-refractivity contribution in [3.05, 3.63) is 570 Å². The van der Waals surface area contributed by atoms with Gasteiger partial charge in [0.25, 0.3) is 0 Å². The Hall–Kier alpha value is -18.4. The molecule has 686 valence electrons. The predicted octanol–water partition coefficient (Wildman–Crippen LogP) is 38.4. The molecule has 0 radical (unpaired) electrons. The van der Waals surface area contributed by atoms with Gasteiger partial charge in [-0.1, -0.05) is 438 Å². The van der Waals surface area contributed by atoms with Gasteiger partial charge in [-0.3, -0.25) is 0 Å². The van der Waals surface area contributed by atoms with Gasteiger partial charge < -0.3 is 29.1 Å². The van der Waals surface area contributed by atoms with Crippen molar-refractivity contribution >= 4 is 68.2 Å². The maximum absolute atomic E-state index is 6.25. The molecule has 0 aromatic heterocycles. The Kier molecular flexibility index (Phi) is 27.7. The summed E-state index contributed by atoms with van der Waals surface area (Å²) in [5, 5.41) is 0. The monoisotopic (exact) mass is 1840 g/mol. The van der Waals surface area contributed by atoms with Crippen LogP contribution in [0.1, 0.15) is 19.8 Å². The lowest BCUT2D eigenvalue weighted by Gasteiger charge is -2.33. The zero-order valence-corrected chi connectivity index (χ0v) is 80.0. The first kappa shape index (κ1) is 91.1. The molecule has 0 spiro atoms. The number of rotatable bonds is 29. The molecule has 0 aliphatic rings. The topological polar surface area (TPSA) is 31.4 Å². The van der Waals surface area contributed by atoms with Gasteiger partial charge in [0, 0.05) is 67.8 Å². The molecule has 0 saturated carbocycles. The molecule has 0 heterocycles. The van der Waals surface area contributed by atoms with Crippen LogP contribution in [0.3, 0.4) is 0 Å². The molecule has 0 aliphatic carbocycles. The van der Waals surface area contributed by atoms with Crippen LogP contribution >= 0.6 is 0 Å². The van der Waals surface area contributed by atoms with Gasteiger partial charge in [0.05, 0.1) is 36.5 Å². The Bertz CT molecular complexity index is 7550. The lowest BCUT2D eigenvalue weighted by molar-refractivity contribution is 0.309. The van der Waals surface area contributed by atoms with Gasteiger partial charge in [-0.05, 0) is 263 Å². The molecule has 22 aromatic rings. The Balaban J connectivity index is 0.000000169. The average Bonchev–Trinajstić information content (AvgIpc) is 0.746.